The highest BCUT2D eigenvalue weighted by Crippen LogP contribution is 2.46. The number of aromatic nitrogens is 2. The first-order valence-corrected chi connectivity index (χ1v) is 16.7. The molecule has 2 aliphatic carbocycles. The molecule has 228 valence electrons. The Hall–Kier alpha value is -6.62. The minimum Gasteiger partial charge on any atom is -0.309 e. The summed E-state index contributed by atoms with van der Waals surface area (Å²) in [6.07, 6.45) is 6.08. The van der Waals surface area contributed by atoms with E-state index in [9.17, 15) is 10.5 Å². The molecule has 2 aromatic heterocycles. The van der Waals surface area contributed by atoms with Crippen LogP contribution in [-0.4, -0.2) is 9.13 Å². The van der Waals surface area contributed by atoms with Crippen LogP contribution in [0.25, 0.3) is 72.4 Å². The molecule has 0 aliphatic heterocycles. The van der Waals surface area contributed by atoms with Crippen LogP contribution in [0.15, 0.2) is 133 Å². The normalized spacial score (nSPS) is 14.4. The quantitative estimate of drug-likeness (QED) is 0.196. The molecule has 2 aliphatic rings. The van der Waals surface area contributed by atoms with Crippen LogP contribution in [0.1, 0.15) is 40.3 Å². The van der Waals surface area contributed by atoms with E-state index >= 15 is 0 Å². The largest absolute Gasteiger partial charge is 0.309 e. The first kappa shape index (κ1) is 27.5. The molecule has 8 aromatic rings. The Kier molecular flexibility index (Phi) is 5.86. The predicted molar refractivity (Wildman–Crippen MR) is 198 cm³/mol. The molecular weight excluding hydrogens is 597 g/mol. The highest BCUT2D eigenvalue weighted by atomic mass is 15.0. The summed E-state index contributed by atoms with van der Waals surface area (Å²) in [6.45, 7) is 0. The summed E-state index contributed by atoms with van der Waals surface area (Å²) in [7, 11) is 0. The van der Waals surface area contributed by atoms with E-state index in [-0.39, 0.29) is 5.92 Å². The van der Waals surface area contributed by atoms with E-state index in [0.29, 0.717) is 5.56 Å². The zero-order valence-electron chi connectivity index (χ0n) is 26.6. The fourth-order valence-corrected chi connectivity index (χ4v) is 8.08. The van der Waals surface area contributed by atoms with Crippen LogP contribution in [0, 0.1) is 22.7 Å². The standard InChI is InChI=1S/C45H28N4/c46-26-28-16-21-43-39(22-28)35-10-2-4-12-40(35)48(43)33-19-17-29(18-20-33)31-23-32-25-37(32)38(24-31)34-9-1-5-13-41(34)49-42-14-6-3-11-36(42)45-30(27-47)8-7-15-44(45)49/h1-7,9-24,30H,8,25H2. The van der Waals surface area contributed by atoms with Gasteiger partial charge in [-0.15, -0.1) is 0 Å². The number of hydrogen-bond acceptors (Lipinski definition) is 2. The Morgan fingerprint density at radius 2 is 1.35 bits per heavy atom. The average molecular weight is 625 g/mol. The van der Waals surface area contributed by atoms with Crippen LogP contribution in [0.2, 0.25) is 0 Å². The van der Waals surface area contributed by atoms with Crippen molar-refractivity contribution in [2.75, 3.05) is 0 Å². The molecule has 0 saturated carbocycles. The third-order valence-corrected chi connectivity index (χ3v) is 10.4. The summed E-state index contributed by atoms with van der Waals surface area (Å²) < 4.78 is 4.65. The van der Waals surface area contributed by atoms with Crippen LogP contribution in [0.4, 0.5) is 0 Å². The van der Waals surface area contributed by atoms with Gasteiger partial charge in [-0.1, -0.05) is 78.9 Å². The molecule has 0 radical (unpaired) electrons. The van der Waals surface area contributed by atoms with E-state index in [1.54, 1.807) is 0 Å². The van der Waals surface area contributed by atoms with Gasteiger partial charge in [0.1, 0.15) is 0 Å². The van der Waals surface area contributed by atoms with Crippen molar-refractivity contribution in [3.63, 3.8) is 0 Å². The molecule has 0 fully saturated rings. The summed E-state index contributed by atoms with van der Waals surface area (Å²) in [5.41, 5.74) is 16.1. The SMILES string of the molecule is N#Cc1ccc2c(c1)c1ccccc1n2-c1ccc(-c2cc3c(c(-c4ccccc4-n4c5c(c6ccccc64)C(C#N)CC=C5)c2)C3)cc1. The molecule has 1 unspecified atom stereocenters. The first-order valence-electron chi connectivity index (χ1n) is 16.7. The summed E-state index contributed by atoms with van der Waals surface area (Å²) in [6, 6.07) is 50.0. The summed E-state index contributed by atoms with van der Waals surface area (Å²) in [5.74, 6) is -0.153. The number of para-hydroxylation sites is 3. The van der Waals surface area contributed by atoms with E-state index in [1.807, 2.05) is 12.1 Å². The van der Waals surface area contributed by atoms with Gasteiger partial charge in [0, 0.05) is 33.0 Å². The van der Waals surface area contributed by atoms with Crippen molar-refractivity contribution in [3.8, 4) is 45.8 Å². The highest BCUT2D eigenvalue weighted by Gasteiger charge is 2.29. The molecule has 0 amide bonds. The second-order valence-electron chi connectivity index (χ2n) is 13.1. The first-order chi connectivity index (χ1) is 24.2. The second-order valence-corrected chi connectivity index (χ2v) is 13.1. The maximum atomic E-state index is 10.1. The van der Waals surface area contributed by atoms with Gasteiger partial charge >= 0.3 is 0 Å². The minimum atomic E-state index is -0.153. The van der Waals surface area contributed by atoms with Crippen LogP contribution in [-0.2, 0) is 6.42 Å². The second kappa shape index (κ2) is 10.4. The van der Waals surface area contributed by atoms with E-state index in [1.165, 1.54) is 33.4 Å². The Balaban J connectivity index is 1.09. The van der Waals surface area contributed by atoms with Crippen molar-refractivity contribution in [1.29, 1.82) is 10.5 Å². The van der Waals surface area contributed by atoms with Gasteiger partial charge in [0.05, 0.1) is 51.6 Å². The van der Waals surface area contributed by atoms with Crippen molar-refractivity contribution < 1.29 is 0 Å². The maximum absolute atomic E-state index is 10.1. The molecule has 6 aromatic carbocycles. The smallest absolute Gasteiger partial charge is 0.0991 e. The number of nitrogens with zero attached hydrogens (tertiary/aromatic N) is 4. The molecular formula is C45H28N4. The highest BCUT2D eigenvalue weighted by molar-refractivity contribution is 6.09. The molecule has 0 bridgehead atoms. The van der Waals surface area contributed by atoms with Gasteiger partial charge in [-0.05, 0) is 101 Å². The number of nitriles is 2. The number of allylic oxidation sites excluding steroid dienone is 1. The zero-order valence-corrected chi connectivity index (χ0v) is 26.6. The third kappa shape index (κ3) is 4.08. The van der Waals surface area contributed by atoms with Crippen LogP contribution in [0.3, 0.4) is 0 Å². The molecule has 4 heteroatoms. The van der Waals surface area contributed by atoms with Crippen molar-refractivity contribution in [1.82, 2.24) is 9.13 Å². The lowest BCUT2D eigenvalue weighted by Crippen LogP contribution is -2.05. The Labute approximate surface area is 283 Å². The lowest BCUT2D eigenvalue weighted by atomic mass is 9.90. The molecule has 0 saturated heterocycles. The van der Waals surface area contributed by atoms with Crippen molar-refractivity contribution in [3.05, 3.63) is 161 Å². The van der Waals surface area contributed by atoms with Crippen molar-refractivity contribution >= 4 is 38.8 Å². The average Bonchev–Trinajstić information content (AvgIpc) is 3.78. The van der Waals surface area contributed by atoms with Gasteiger partial charge in [-0.3, -0.25) is 0 Å². The van der Waals surface area contributed by atoms with E-state index < -0.39 is 0 Å². The zero-order chi connectivity index (χ0) is 32.6. The van der Waals surface area contributed by atoms with Crippen molar-refractivity contribution in [2.24, 2.45) is 0 Å². The van der Waals surface area contributed by atoms with Crippen LogP contribution in [0.5, 0.6) is 0 Å². The molecule has 0 N–H and O–H groups in total. The van der Waals surface area contributed by atoms with Crippen molar-refractivity contribution in [2.45, 2.75) is 18.8 Å². The lowest BCUT2D eigenvalue weighted by molar-refractivity contribution is 0.863. The number of rotatable bonds is 4. The fraction of sp³-hybridized carbons (Fsp3) is 0.0667. The summed E-state index contributed by atoms with van der Waals surface area (Å²) in [4.78, 5) is 0. The molecule has 49 heavy (non-hydrogen) atoms. The molecule has 0 spiro atoms. The Morgan fingerprint density at radius 3 is 2.16 bits per heavy atom. The molecule has 1 atom stereocenters. The van der Waals surface area contributed by atoms with Crippen LogP contribution >= 0.6 is 0 Å². The lowest BCUT2D eigenvalue weighted by Gasteiger charge is -2.18. The van der Waals surface area contributed by atoms with E-state index in [2.05, 4.69) is 149 Å². The molecule has 4 nitrogen and oxygen atoms in total. The number of hydrogen-bond donors (Lipinski definition) is 0. The molecule has 10 rings (SSSR count). The van der Waals surface area contributed by atoms with Gasteiger partial charge in [0.2, 0.25) is 0 Å². The monoisotopic (exact) mass is 624 g/mol. The summed E-state index contributed by atoms with van der Waals surface area (Å²) in [5, 5.41) is 23.0. The van der Waals surface area contributed by atoms with Gasteiger partial charge in [0.25, 0.3) is 0 Å². The predicted octanol–water partition coefficient (Wildman–Crippen LogP) is 10.9. The number of benzene rings is 6. The van der Waals surface area contributed by atoms with Gasteiger partial charge in [0.15, 0.2) is 0 Å². The molecule has 2 heterocycles. The van der Waals surface area contributed by atoms with Gasteiger partial charge in [-0.25, -0.2) is 0 Å². The topological polar surface area (TPSA) is 57.4 Å². The Bertz CT molecular complexity index is 2790. The third-order valence-electron chi connectivity index (χ3n) is 10.4. The Morgan fingerprint density at radius 1 is 0.612 bits per heavy atom. The van der Waals surface area contributed by atoms with Gasteiger partial charge in [-0.2, -0.15) is 10.5 Å². The van der Waals surface area contributed by atoms with Gasteiger partial charge < -0.3 is 9.13 Å². The number of fused-ring (bicyclic) bond motifs is 7. The van der Waals surface area contributed by atoms with Crippen LogP contribution < -0.4 is 0 Å². The maximum Gasteiger partial charge on any atom is 0.0991 e. The fourth-order valence-electron chi connectivity index (χ4n) is 8.08. The van der Waals surface area contributed by atoms with E-state index in [0.717, 1.165) is 68.2 Å². The van der Waals surface area contributed by atoms with E-state index in [4.69, 9.17) is 0 Å². The minimum absolute atomic E-state index is 0.153. The summed E-state index contributed by atoms with van der Waals surface area (Å²) >= 11 is 0.